The van der Waals surface area contributed by atoms with Crippen LogP contribution in [0, 0.1) is 11.3 Å². The Kier molecular flexibility index (Phi) is 2.44. The minimum absolute atomic E-state index is 0.115. The van der Waals surface area contributed by atoms with E-state index in [1.165, 1.54) is 5.56 Å². The van der Waals surface area contributed by atoms with Crippen molar-refractivity contribution < 1.29 is 9.53 Å². The lowest BCUT2D eigenvalue weighted by Gasteiger charge is -2.12. The highest BCUT2D eigenvalue weighted by Gasteiger charge is 2.31. The molecule has 0 aliphatic carbocycles. The van der Waals surface area contributed by atoms with Gasteiger partial charge in [-0.25, -0.2) is 0 Å². The van der Waals surface area contributed by atoms with Gasteiger partial charge in [-0.2, -0.15) is 0 Å². The van der Waals surface area contributed by atoms with Gasteiger partial charge in [0.2, 0.25) is 0 Å². The standard InChI is InChI=1S/C13H14N2O2/c14-12-10(7-16)6-15-13(12)9-1-2-11-8(5-9)3-4-17-11/h1-2,5,7,10,13-15H,3-4,6H2. The second-order valence-electron chi connectivity index (χ2n) is 4.50. The summed E-state index contributed by atoms with van der Waals surface area (Å²) in [6.45, 7) is 1.31. The molecular formula is C13H14N2O2. The first kappa shape index (κ1) is 10.5. The van der Waals surface area contributed by atoms with E-state index in [4.69, 9.17) is 10.1 Å². The highest BCUT2D eigenvalue weighted by atomic mass is 16.5. The van der Waals surface area contributed by atoms with Crippen molar-refractivity contribution in [1.29, 1.82) is 5.41 Å². The van der Waals surface area contributed by atoms with Gasteiger partial charge in [0.25, 0.3) is 0 Å². The average molecular weight is 230 g/mol. The Bertz CT molecular complexity index is 484. The molecule has 2 unspecified atom stereocenters. The molecule has 2 atom stereocenters. The summed E-state index contributed by atoms with van der Waals surface area (Å²) >= 11 is 0. The third kappa shape index (κ3) is 1.65. The SMILES string of the molecule is N=C1C(C=O)CNC1c1ccc2c(c1)CCO2. The summed E-state index contributed by atoms with van der Waals surface area (Å²) in [7, 11) is 0. The number of ether oxygens (including phenoxy) is 1. The Hall–Kier alpha value is -1.68. The van der Waals surface area contributed by atoms with Crippen molar-refractivity contribution in [1.82, 2.24) is 5.32 Å². The first-order valence-electron chi connectivity index (χ1n) is 5.82. The van der Waals surface area contributed by atoms with Gasteiger partial charge in [0.15, 0.2) is 0 Å². The lowest BCUT2D eigenvalue weighted by atomic mass is 9.96. The van der Waals surface area contributed by atoms with Crippen molar-refractivity contribution in [3.63, 3.8) is 0 Å². The molecule has 0 amide bonds. The Morgan fingerprint density at radius 1 is 1.47 bits per heavy atom. The lowest BCUT2D eigenvalue weighted by molar-refractivity contribution is -0.109. The quantitative estimate of drug-likeness (QED) is 0.748. The van der Waals surface area contributed by atoms with Gasteiger partial charge in [0.1, 0.15) is 12.0 Å². The van der Waals surface area contributed by atoms with Crippen LogP contribution in [-0.2, 0) is 11.2 Å². The van der Waals surface area contributed by atoms with Crippen molar-refractivity contribution in [2.24, 2.45) is 5.92 Å². The molecule has 0 saturated carbocycles. The fourth-order valence-corrected chi connectivity index (χ4v) is 2.48. The van der Waals surface area contributed by atoms with E-state index < -0.39 is 0 Å². The van der Waals surface area contributed by atoms with Gasteiger partial charge in [-0.15, -0.1) is 0 Å². The van der Waals surface area contributed by atoms with E-state index in [1.54, 1.807) is 0 Å². The molecule has 4 nitrogen and oxygen atoms in total. The predicted molar refractivity (Wildman–Crippen MR) is 63.7 cm³/mol. The first-order valence-corrected chi connectivity index (χ1v) is 5.82. The van der Waals surface area contributed by atoms with E-state index in [-0.39, 0.29) is 12.0 Å². The third-order valence-electron chi connectivity index (χ3n) is 3.46. The molecule has 88 valence electrons. The molecule has 1 aromatic carbocycles. The second kappa shape index (κ2) is 3.96. The van der Waals surface area contributed by atoms with Gasteiger partial charge in [-0.05, 0) is 17.2 Å². The van der Waals surface area contributed by atoms with Crippen molar-refractivity contribution in [3.8, 4) is 5.75 Å². The van der Waals surface area contributed by atoms with E-state index in [2.05, 4.69) is 11.4 Å². The summed E-state index contributed by atoms with van der Waals surface area (Å²) in [5.41, 5.74) is 2.73. The number of carbonyl (C=O) groups is 1. The van der Waals surface area contributed by atoms with Crippen LogP contribution < -0.4 is 10.1 Å². The zero-order valence-corrected chi connectivity index (χ0v) is 9.40. The van der Waals surface area contributed by atoms with Crippen LogP contribution in [0.3, 0.4) is 0 Å². The number of carbonyl (C=O) groups excluding carboxylic acids is 1. The summed E-state index contributed by atoms with van der Waals surface area (Å²) in [6.07, 6.45) is 1.78. The molecule has 1 fully saturated rings. The smallest absolute Gasteiger partial charge is 0.130 e. The van der Waals surface area contributed by atoms with Crippen molar-refractivity contribution in [3.05, 3.63) is 29.3 Å². The highest BCUT2D eigenvalue weighted by Crippen LogP contribution is 2.30. The normalized spacial score (nSPS) is 26.7. The first-order chi connectivity index (χ1) is 8.29. The topological polar surface area (TPSA) is 62.2 Å². The summed E-state index contributed by atoms with van der Waals surface area (Å²) in [5, 5.41) is 11.2. The molecule has 2 aliphatic heterocycles. The number of fused-ring (bicyclic) bond motifs is 1. The van der Waals surface area contributed by atoms with E-state index in [0.29, 0.717) is 12.3 Å². The molecule has 17 heavy (non-hydrogen) atoms. The lowest BCUT2D eigenvalue weighted by Crippen LogP contribution is -2.17. The number of rotatable bonds is 2. The molecule has 2 aliphatic rings. The van der Waals surface area contributed by atoms with E-state index >= 15 is 0 Å². The summed E-state index contributed by atoms with van der Waals surface area (Å²) in [4.78, 5) is 10.8. The molecule has 0 radical (unpaired) electrons. The van der Waals surface area contributed by atoms with Crippen molar-refractivity contribution in [2.45, 2.75) is 12.5 Å². The second-order valence-corrected chi connectivity index (χ2v) is 4.50. The summed E-state index contributed by atoms with van der Waals surface area (Å²) in [6, 6.07) is 5.91. The number of hydrogen-bond acceptors (Lipinski definition) is 4. The van der Waals surface area contributed by atoms with Crippen LogP contribution in [0.1, 0.15) is 17.2 Å². The number of aldehydes is 1. The Labute approximate surface area is 99.5 Å². The number of benzene rings is 1. The molecular weight excluding hydrogens is 216 g/mol. The van der Waals surface area contributed by atoms with Gasteiger partial charge >= 0.3 is 0 Å². The summed E-state index contributed by atoms with van der Waals surface area (Å²) in [5.74, 6) is 0.676. The Morgan fingerprint density at radius 2 is 2.35 bits per heavy atom. The maximum Gasteiger partial charge on any atom is 0.130 e. The molecule has 2 heterocycles. The van der Waals surface area contributed by atoms with Crippen LogP contribution in [0.4, 0.5) is 0 Å². The predicted octanol–water partition coefficient (Wildman–Crippen LogP) is 1.10. The largest absolute Gasteiger partial charge is 0.493 e. The van der Waals surface area contributed by atoms with Gasteiger partial charge in [0, 0.05) is 18.7 Å². The molecule has 1 aromatic rings. The Morgan fingerprint density at radius 3 is 3.12 bits per heavy atom. The minimum Gasteiger partial charge on any atom is -0.493 e. The summed E-state index contributed by atoms with van der Waals surface area (Å²) < 4.78 is 5.45. The molecule has 0 aromatic heterocycles. The van der Waals surface area contributed by atoms with E-state index in [1.807, 2.05) is 12.1 Å². The van der Waals surface area contributed by atoms with Crippen molar-refractivity contribution >= 4 is 12.0 Å². The van der Waals surface area contributed by atoms with Crippen molar-refractivity contribution in [2.75, 3.05) is 13.2 Å². The highest BCUT2D eigenvalue weighted by molar-refractivity contribution is 6.01. The fraction of sp³-hybridized carbons (Fsp3) is 0.385. The van der Waals surface area contributed by atoms with Crippen LogP contribution in [0.2, 0.25) is 0 Å². The maximum absolute atomic E-state index is 10.8. The Balaban J connectivity index is 1.90. The molecule has 1 saturated heterocycles. The monoisotopic (exact) mass is 230 g/mol. The van der Waals surface area contributed by atoms with Crippen LogP contribution in [0.5, 0.6) is 5.75 Å². The maximum atomic E-state index is 10.8. The number of hydrogen-bond donors (Lipinski definition) is 2. The minimum atomic E-state index is -0.274. The molecule has 0 bridgehead atoms. The molecule has 4 heteroatoms. The van der Waals surface area contributed by atoms with Gasteiger partial charge in [0.05, 0.1) is 18.6 Å². The third-order valence-corrected chi connectivity index (χ3v) is 3.46. The van der Waals surface area contributed by atoms with E-state index in [9.17, 15) is 4.79 Å². The van der Waals surface area contributed by atoms with Gasteiger partial charge in [-0.1, -0.05) is 12.1 Å². The molecule has 3 rings (SSSR count). The van der Waals surface area contributed by atoms with E-state index in [0.717, 1.165) is 30.6 Å². The van der Waals surface area contributed by atoms with Crippen LogP contribution in [-0.4, -0.2) is 25.1 Å². The average Bonchev–Trinajstić information content (AvgIpc) is 2.94. The van der Waals surface area contributed by atoms with Crippen LogP contribution in [0.15, 0.2) is 18.2 Å². The zero-order valence-electron chi connectivity index (χ0n) is 9.40. The molecule has 2 N–H and O–H groups in total. The molecule has 0 spiro atoms. The van der Waals surface area contributed by atoms with Gasteiger partial charge in [-0.3, -0.25) is 0 Å². The zero-order chi connectivity index (χ0) is 11.8. The fourth-order valence-electron chi connectivity index (χ4n) is 2.48. The van der Waals surface area contributed by atoms with Crippen LogP contribution >= 0.6 is 0 Å². The number of nitrogens with one attached hydrogen (secondary N) is 2. The van der Waals surface area contributed by atoms with Crippen LogP contribution in [0.25, 0.3) is 0 Å². The van der Waals surface area contributed by atoms with Gasteiger partial charge < -0.3 is 20.3 Å².